The van der Waals surface area contributed by atoms with Crippen LogP contribution in [0.1, 0.15) is 47.5 Å². The molecule has 1 unspecified atom stereocenters. The van der Waals surface area contributed by atoms with Gasteiger partial charge < -0.3 is 15.2 Å². The largest absolute Gasteiger partial charge is 0.468 e. The number of hydrogen-bond donors (Lipinski definition) is 2. The lowest BCUT2D eigenvalue weighted by molar-refractivity contribution is -0.137. The average Bonchev–Trinajstić information content (AvgIpc) is 3.50. The highest BCUT2D eigenvalue weighted by Crippen LogP contribution is 2.34. The molecule has 37 heavy (non-hydrogen) atoms. The van der Waals surface area contributed by atoms with Crippen molar-refractivity contribution < 1.29 is 23.0 Å². The van der Waals surface area contributed by atoms with Crippen LogP contribution in [0.3, 0.4) is 0 Å². The second-order valence-corrected chi connectivity index (χ2v) is 8.77. The summed E-state index contributed by atoms with van der Waals surface area (Å²) < 4.78 is 49.0. The third-order valence-electron chi connectivity index (χ3n) is 6.43. The number of aromatic nitrogens is 6. The maximum atomic E-state index is 13.2. The van der Waals surface area contributed by atoms with Crippen LogP contribution in [0.2, 0.25) is 0 Å². The number of rotatable bonds is 6. The van der Waals surface area contributed by atoms with Crippen LogP contribution in [0, 0.1) is 18.3 Å². The van der Waals surface area contributed by atoms with E-state index in [1.807, 2.05) is 17.7 Å². The maximum absolute atomic E-state index is 13.2. The zero-order valence-electron chi connectivity index (χ0n) is 19.8. The molecule has 2 N–H and O–H groups in total. The molecular formula is C24H23F3N8O2. The Morgan fingerprint density at radius 3 is 2.70 bits per heavy atom. The first-order valence-electron chi connectivity index (χ1n) is 11.6. The predicted molar refractivity (Wildman–Crippen MR) is 124 cm³/mol. The van der Waals surface area contributed by atoms with Gasteiger partial charge in [-0.3, -0.25) is 9.38 Å². The lowest BCUT2D eigenvalue weighted by Gasteiger charge is -2.23. The minimum absolute atomic E-state index is 0.0301. The molecular weight excluding hydrogens is 489 g/mol. The van der Waals surface area contributed by atoms with Crippen LogP contribution in [-0.2, 0) is 6.18 Å². The number of fused-ring (bicyclic) bond motifs is 1. The molecule has 192 valence electrons. The molecule has 0 amide bonds. The zero-order valence-corrected chi connectivity index (χ0v) is 19.8. The Kier molecular flexibility index (Phi) is 6.53. The second-order valence-electron chi connectivity index (χ2n) is 8.77. The average molecular weight is 512 g/mol. The molecule has 13 heteroatoms. The number of hydrogen-bond acceptors (Lipinski definition) is 8. The minimum atomic E-state index is -4.60. The first-order valence-corrected chi connectivity index (χ1v) is 11.6. The number of piperidine rings is 1. The summed E-state index contributed by atoms with van der Waals surface area (Å²) >= 11 is 0. The van der Waals surface area contributed by atoms with Crippen LogP contribution in [0.25, 0.3) is 16.9 Å². The van der Waals surface area contributed by atoms with Gasteiger partial charge in [0.05, 0.1) is 30.1 Å². The Bertz CT molecular complexity index is 1470. The molecule has 0 bridgehead atoms. The number of alkyl halides is 3. The van der Waals surface area contributed by atoms with Gasteiger partial charge in [-0.1, -0.05) is 5.21 Å². The molecule has 0 aliphatic carbocycles. The molecule has 4 aromatic heterocycles. The first kappa shape index (κ1) is 24.7. The highest BCUT2D eigenvalue weighted by atomic mass is 19.4. The number of aliphatic hydroxyl groups excluding tert-OH is 1. The lowest BCUT2D eigenvalue weighted by Crippen LogP contribution is -2.30. The third kappa shape index (κ3) is 4.73. The van der Waals surface area contributed by atoms with Gasteiger partial charge >= 0.3 is 6.18 Å². The molecule has 1 fully saturated rings. The van der Waals surface area contributed by atoms with Crippen molar-refractivity contribution in [1.82, 2.24) is 34.7 Å². The second kappa shape index (κ2) is 9.79. The molecule has 1 atom stereocenters. The van der Waals surface area contributed by atoms with Crippen molar-refractivity contribution in [2.45, 2.75) is 38.1 Å². The Balaban J connectivity index is 1.56. The first-order chi connectivity index (χ1) is 17.8. The van der Waals surface area contributed by atoms with Crippen molar-refractivity contribution in [3.63, 3.8) is 0 Å². The molecule has 0 spiro atoms. The van der Waals surface area contributed by atoms with Crippen molar-refractivity contribution in [1.29, 1.82) is 5.26 Å². The van der Waals surface area contributed by atoms with Crippen LogP contribution < -0.4 is 10.1 Å². The quantitative estimate of drug-likeness (QED) is 0.403. The fraction of sp³-hybridized carbons (Fsp3) is 0.375. The van der Waals surface area contributed by atoms with Crippen molar-refractivity contribution >= 4 is 5.65 Å². The number of nitrogens with zero attached hydrogens (tertiary/aromatic N) is 7. The van der Waals surface area contributed by atoms with Crippen LogP contribution in [0.5, 0.6) is 5.88 Å². The third-order valence-corrected chi connectivity index (χ3v) is 6.43. The lowest BCUT2D eigenvalue weighted by atomic mass is 10.1. The van der Waals surface area contributed by atoms with Gasteiger partial charge in [-0.15, -0.1) is 5.10 Å². The number of ether oxygens (including phenoxy) is 1. The Morgan fingerprint density at radius 2 is 2.00 bits per heavy atom. The van der Waals surface area contributed by atoms with E-state index in [0.717, 1.165) is 37.7 Å². The monoisotopic (exact) mass is 512 g/mol. The molecule has 1 saturated heterocycles. The highest BCUT2D eigenvalue weighted by Gasteiger charge is 2.32. The predicted octanol–water partition coefficient (Wildman–Crippen LogP) is 3.22. The molecule has 0 radical (unpaired) electrons. The number of imidazole rings is 1. The number of nitriles is 1. The van der Waals surface area contributed by atoms with Crippen LogP contribution in [-0.4, -0.2) is 54.2 Å². The van der Waals surface area contributed by atoms with E-state index in [1.54, 1.807) is 12.1 Å². The van der Waals surface area contributed by atoms with Gasteiger partial charge in [-0.05, 0) is 45.0 Å². The van der Waals surface area contributed by atoms with Crippen molar-refractivity contribution in [2.24, 2.45) is 0 Å². The van der Waals surface area contributed by atoms with Crippen molar-refractivity contribution in [2.75, 3.05) is 19.7 Å². The highest BCUT2D eigenvalue weighted by molar-refractivity contribution is 5.68. The van der Waals surface area contributed by atoms with Gasteiger partial charge in [0.15, 0.2) is 0 Å². The molecule has 0 aromatic carbocycles. The van der Waals surface area contributed by atoms with E-state index in [1.165, 1.54) is 16.8 Å². The normalized spacial score (nSPS) is 15.6. The smallest absolute Gasteiger partial charge is 0.417 e. The van der Waals surface area contributed by atoms with Crippen LogP contribution in [0.4, 0.5) is 13.2 Å². The van der Waals surface area contributed by atoms with E-state index in [2.05, 4.69) is 25.6 Å². The van der Waals surface area contributed by atoms with Gasteiger partial charge in [-0.2, -0.15) is 18.4 Å². The summed E-state index contributed by atoms with van der Waals surface area (Å²) in [6.45, 7) is 3.07. The van der Waals surface area contributed by atoms with E-state index >= 15 is 0 Å². The van der Waals surface area contributed by atoms with Crippen LogP contribution in [0.15, 0.2) is 36.8 Å². The topological polar surface area (TPSA) is 126 Å². The zero-order chi connectivity index (χ0) is 26.2. The minimum Gasteiger partial charge on any atom is -0.468 e. The molecule has 10 nitrogen and oxygen atoms in total. The summed E-state index contributed by atoms with van der Waals surface area (Å²) in [7, 11) is 0. The van der Waals surface area contributed by atoms with E-state index in [9.17, 15) is 23.5 Å². The number of pyridine rings is 2. The maximum Gasteiger partial charge on any atom is 0.417 e. The molecule has 1 aliphatic heterocycles. The number of nitrogens with one attached hydrogen (secondary N) is 1. The summed E-state index contributed by atoms with van der Waals surface area (Å²) in [6.07, 6.45) is -0.678. The standard InChI is InChI=1S/C24H23F3N8O2/c1-14-23(32-33-35(14)18-2-4-29-5-3-18)15-7-21-31-12-19(9-28)34(21)22(8-15)37-20(13-36)16-6-17(11-30-10-16)24(25,26)27/h6-8,10-12,18,20,29,36H,2-5,13H2,1H3. The molecule has 5 rings (SSSR count). The molecule has 5 heterocycles. The van der Waals surface area contributed by atoms with Crippen LogP contribution >= 0.6 is 0 Å². The fourth-order valence-corrected chi connectivity index (χ4v) is 4.53. The van der Waals surface area contributed by atoms with Crippen molar-refractivity contribution in [3.05, 3.63) is 59.3 Å². The van der Waals surface area contributed by atoms with Gasteiger partial charge in [-0.25, -0.2) is 9.67 Å². The van der Waals surface area contributed by atoms with Gasteiger partial charge in [0.1, 0.15) is 29.2 Å². The van der Waals surface area contributed by atoms with Gasteiger partial charge in [0.25, 0.3) is 0 Å². The summed E-state index contributed by atoms with van der Waals surface area (Å²) in [5.41, 5.74) is 1.64. The SMILES string of the molecule is Cc1c(-c2cc(OC(CO)c3cncc(C(F)(F)F)c3)n3c(C#N)cnc3c2)nnn1C1CCNCC1. The van der Waals surface area contributed by atoms with E-state index in [0.29, 0.717) is 23.1 Å². The van der Waals surface area contributed by atoms with Crippen molar-refractivity contribution in [3.8, 4) is 23.2 Å². The summed E-state index contributed by atoms with van der Waals surface area (Å²) in [5.74, 6) is 0.105. The Labute approximate surface area is 209 Å². The summed E-state index contributed by atoms with van der Waals surface area (Å²) in [5, 5.41) is 31.7. The Hall–Kier alpha value is -4.02. The summed E-state index contributed by atoms with van der Waals surface area (Å²) in [4.78, 5) is 7.95. The molecule has 1 aliphatic rings. The van der Waals surface area contributed by atoms with Gasteiger partial charge in [0.2, 0.25) is 5.88 Å². The van der Waals surface area contributed by atoms with E-state index in [4.69, 9.17) is 4.74 Å². The summed E-state index contributed by atoms with van der Waals surface area (Å²) in [6, 6.07) is 6.47. The number of halogens is 3. The van der Waals surface area contributed by atoms with Gasteiger partial charge in [0, 0.05) is 29.6 Å². The fourth-order valence-electron chi connectivity index (χ4n) is 4.53. The van der Waals surface area contributed by atoms with E-state index < -0.39 is 24.5 Å². The molecule has 0 saturated carbocycles. The van der Waals surface area contributed by atoms with E-state index in [-0.39, 0.29) is 23.2 Å². The Morgan fingerprint density at radius 1 is 1.22 bits per heavy atom. The number of aliphatic hydroxyl groups is 1. The molecule has 4 aromatic rings.